The quantitative estimate of drug-likeness (QED) is 0.373. The highest BCUT2D eigenvalue weighted by Crippen LogP contribution is 2.50. The number of carbonyl (C=O) groups is 2. The van der Waals surface area contributed by atoms with E-state index >= 15 is 0 Å². The van der Waals surface area contributed by atoms with Crippen molar-refractivity contribution in [1.29, 1.82) is 0 Å². The molecule has 39 heavy (non-hydrogen) atoms. The van der Waals surface area contributed by atoms with E-state index in [0.29, 0.717) is 42.2 Å². The van der Waals surface area contributed by atoms with Crippen LogP contribution in [0.3, 0.4) is 0 Å². The van der Waals surface area contributed by atoms with Crippen molar-refractivity contribution in [3.05, 3.63) is 45.6 Å². The van der Waals surface area contributed by atoms with Crippen molar-refractivity contribution in [2.45, 2.75) is 45.2 Å². The Hall–Kier alpha value is -3.79. The van der Waals surface area contributed by atoms with Gasteiger partial charge in [0.1, 0.15) is 6.04 Å². The van der Waals surface area contributed by atoms with Gasteiger partial charge >= 0.3 is 0 Å². The largest absolute Gasteiger partial charge is 0.493 e. The molecule has 2 atom stereocenters. The van der Waals surface area contributed by atoms with Crippen LogP contribution in [-0.4, -0.2) is 71.3 Å². The van der Waals surface area contributed by atoms with Crippen molar-refractivity contribution in [2.24, 2.45) is 0 Å². The van der Waals surface area contributed by atoms with Gasteiger partial charge in [0.2, 0.25) is 23.0 Å². The van der Waals surface area contributed by atoms with Gasteiger partial charge in [-0.1, -0.05) is 6.07 Å². The first-order valence-electron chi connectivity index (χ1n) is 13.1. The van der Waals surface area contributed by atoms with Crippen molar-refractivity contribution < 1.29 is 23.8 Å². The highest BCUT2D eigenvalue weighted by Gasteiger charge is 2.29. The second kappa shape index (κ2) is 13.3. The van der Waals surface area contributed by atoms with Gasteiger partial charge in [0, 0.05) is 19.0 Å². The zero-order chi connectivity index (χ0) is 28.7. The molecule has 10 heteroatoms. The van der Waals surface area contributed by atoms with Crippen LogP contribution in [0.25, 0.3) is 11.1 Å². The van der Waals surface area contributed by atoms with E-state index in [1.165, 1.54) is 13.0 Å². The summed E-state index contributed by atoms with van der Waals surface area (Å²) in [7, 11) is 8.63. The first-order valence-corrected chi connectivity index (χ1v) is 13.1. The smallest absolute Gasteiger partial charge is 0.242 e. The van der Waals surface area contributed by atoms with Crippen molar-refractivity contribution >= 4 is 17.5 Å². The highest BCUT2D eigenvalue weighted by molar-refractivity contribution is 5.85. The lowest BCUT2D eigenvalue weighted by Crippen LogP contribution is -2.39. The molecular weight excluding hydrogens is 500 g/mol. The van der Waals surface area contributed by atoms with Crippen LogP contribution in [0.4, 0.5) is 5.69 Å². The Balaban J connectivity index is 2.08. The zero-order valence-electron chi connectivity index (χ0n) is 23.9. The summed E-state index contributed by atoms with van der Waals surface area (Å²) in [6, 6.07) is 5.91. The number of aryl methyl sites for hydroxylation is 1. The number of fused-ring (bicyclic) bond motifs is 3. The number of ether oxygens (including phenoxy) is 3. The summed E-state index contributed by atoms with van der Waals surface area (Å²) >= 11 is 0. The van der Waals surface area contributed by atoms with E-state index in [1.54, 1.807) is 34.3 Å². The molecular formula is C29H40N4O6. The minimum atomic E-state index is -0.628. The summed E-state index contributed by atoms with van der Waals surface area (Å²) in [4.78, 5) is 40.3. The van der Waals surface area contributed by atoms with E-state index in [9.17, 15) is 14.4 Å². The molecule has 0 aromatic heterocycles. The Morgan fingerprint density at radius 3 is 2.41 bits per heavy atom. The normalized spacial score (nSPS) is 14.8. The van der Waals surface area contributed by atoms with Gasteiger partial charge in [-0.2, -0.15) is 0 Å². The number of methoxy groups -OCH3 is 3. The summed E-state index contributed by atoms with van der Waals surface area (Å²) < 4.78 is 17.0. The molecule has 1 aliphatic carbocycles. The van der Waals surface area contributed by atoms with Crippen molar-refractivity contribution in [1.82, 2.24) is 15.5 Å². The van der Waals surface area contributed by atoms with Crippen LogP contribution in [0.5, 0.6) is 17.2 Å². The van der Waals surface area contributed by atoms with Crippen LogP contribution in [0.1, 0.15) is 43.9 Å². The molecule has 2 aromatic rings. The summed E-state index contributed by atoms with van der Waals surface area (Å²) in [5.41, 5.74) is 3.09. The van der Waals surface area contributed by atoms with E-state index in [0.717, 1.165) is 29.7 Å². The van der Waals surface area contributed by atoms with Gasteiger partial charge in [-0.05, 0) is 81.7 Å². The maximum absolute atomic E-state index is 13.4. The monoisotopic (exact) mass is 540 g/mol. The highest BCUT2D eigenvalue weighted by atomic mass is 16.5. The van der Waals surface area contributed by atoms with Gasteiger partial charge in [0.15, 0.2) is 11.5 Å². The minimum absolute atomic E-state index is 0.193. The minimum Gasteiger partial charge on any atom is -0.493 e. The molecule has 0 saturated carbocycles. The maximum atomic E-state index is 13.4. The number of carbonyl (C=O) groups excluding carboxylic acids is 2. The van der Waals surface area contributed by atoms with E-state index in [1.807, 2.05) is 26.2 Å². The molecule has 3 rings (SSSR count). The molecule has 1 aliphatic rings. The lowest BCUT2D eigenvalue weighted by Gasteiger charge is -2.19. The number of nitrogens with one attached hydrogen (secondary N) is 3. The van der Waals surface area contributed by atoms with Crippen molar-refractivity contribution in [3.63, 3.8) is 0 Å². The van der Waals surface area contributed by atoms with Gasteiger partial charge in [0.05, 0.1) is 33.1 Å². The predicted molar refractivity (Wildman–Crippen MR) is 152 cm³/mol. The van der Waals surface area contributed by atoms with Gasteiger partial charge < -0.3 is 35.1 Å². The van der Waals surface area contributed by atoms with Crippen LogP contribution in [0, 0.1) is 0 Å². The summed E-state index contributed by atoms with van der Waals surface area (Å²) in [6.07, 6.45) is 2.00. The molecule has 2 aromatic carbocycles. The fourth-order valence-electron chi connectivity index (χ4n) is 4.89. The SMILES string of the molecule is COc1cc2c(c(OC)c1OC)-c1ccc(N[C@@H](C)C(=O)NCCCN(C)C)c(=O)cc1[C@@H](NC(C)=O)CC2. The molecule has 10 nitrogen and oxygen atoms in total. The molecule has 0 bridgehead atoms. The Bertz CT molecular complexity index is 1260. The average molecular weight is 541 g/mol. The number of benzene rings is 1. The van der Waals surface area contributed by atoms with Crippen LogP contribution in [0.15, 0.2) is 29.1 Å². The van der Waals surface area contributed by atoms with Crippen LogP contribution in [-0.2, 0) is 16.0 Å². The first kappa shape index (κ1) is 29.8. The Morgan fingerprint density at radius 2 is 1.79 bits per heavy atom. The number of amides is 2. The summed E-state index contributed by atoms with van der Waals surface area (Å²) in [5, 5.41) is 8.97. The summed E-state index contributed by atoms with van der Waals surface area (Å²) in [6.45, 7) is 4.58. The Kier molecular flexibility index (Phi) is 10.2. The molecule has 0 aliphatic heterocycles. The van der Waals surface area contributed by atoms with Gasteiger partial charge in [0.25, 0.3) is 0 Å². The average Bonchev–Trinajstić information content (AvgIpc) is 3.13. The molecule has 0 spiro atoms. The lowest BCUT2D eigenvalue weighted by molar-refractivity contribution is -0.121. The third-order valence-electron chi connectivity index (χ3n) is 6.76. The maximum Gasteiger partial charge on any atom is 0.242 e. The van der Waals surface area contributed by atoms with E-state index < -0.39 is 12.1 Å². The molecule has 0 fully saturated rings. The van der Waals surface area contributed by atoms with Crippen LogP contribution >= 0.6 is 0 Å². The third-order valence-corrected chi connectivity index (χ3v) is 6.76. The second-order valence-corrected chi connectivity index (χ2v) is 9.91. The van der Waals surface area contributed by atoms with Crippen molar-refractivity contribution in [2.75, 3.05) is 53.8 Å². The molecule has 0 saturated heterocycles. The zero-order valence-corrected chi connectivity index (χ0v) is 23.9. The molecule has 0 heterocycles. The lowest BCUT2D eigenvalue weighted by atomic mass is 9.95. The van der Waals surface area contributed by atoms with Crippen molar-refractivity contribution in [3.8, 4) is 28.4 Å². The number of hydrogen-bond acceptors (Lipinski definition) is 8. The molecule has 212 valence electrons. The second-order valence-electron chi connectivity index (χ2n) is 9.91. The molecule has 0 unspecified atom stereocenters. The van der Waals surface area contributed by atoms with Gasteiger partial charge in [-0.15, -0.1) is 0 Å². The van der Waals surface area contributed by atoms with E-state index in [4.69, 9.17) is 14.2 Å². The van der Waals surface area contributed by atoms with Gasteiger partial charge in [-0.25, -0.2) is 0 Å². The number of anilines is 1. The van der Waals surface area contributed by atoms with Crippen LogP contribution < -0.4 is 35.6 Å². The Morgan fingerprint density at radius 1 is 1.08 bits per heavy atom. The first-order chi connectivity index (χ1) is 18.6. The van der Waals surface area contributed by atoms with E-state index in [2.05, 4.69) is 20.9 Å². The molecule has 3 N–H and O–H groups in total. The number of hydrogen-bond donors (Lipinski definition) is 3. The van der Waals surface area contributed by atoms with Crippen LogP contribution in [0.2, 0.25) is 0 Å². The number of rotatable bonds is 11. The fourth-order valence-corrected chi connectivity index (χ4v) is 4.89. The van der Waals surface area contributed by atoms with E-state index in [-0.39, 0.29) is 22.9 Å². The Labute approximate surface area is 230 Å². The standard InChI is InChI=1S/C29H40N4O6/c1-17(29(36)30-13-8-14-33(3)4)31-23-12-10-20-21(16-24(23)35)22(32-18(2)34)11-9-19-15-25(37-5)27(38-6)28(39-7)26(19)20/h10,12,15-17,22H,8-9,11,13-14H2,1-7H3,(H,30,36)(H,31,35)(H,32,34)/t17-,22-/m0/s1. The topological polar surface area (TPSA) is 118 Å². The molecule has 2 amide bonds. The predicted octanol–water partition coefficient (Wildman–Crippen LogP) is 2.73. The number of nitrogens with zero attached hydrogens (tertiary/aromatic N) is 1. The molecule has 0 radical (unpaired) electrons. The van der Waals surface area contributed by atoms with Gasteiger partial charge in [-0.3, -0.25) is 14.4 Å². The third kappa shape index (κ3) is 7.00. The fraction of sp³-hybridized carbons (Fsp3) is 0.483. The summed E-state index contributed by atoms with van der Waals surface area (Å²) in [5.74, 6) is 1.06.